The fourth-order valence-corrected chi connectivity index (χ4v) is 9.11. The average molecular weight is 1030 g/mol. The predicted molar refractivity (Wildman–Crippen MR) is 321 cm³/mol. The fraction of sp³-hybridized carbons (Fsp3) is 0.779. The number of esters is 3. The van der Waals surface area contributed by atoms with Crippen LogP contribution in [0.5, 0.6) is 0 Å². The highest BCUT2D eigenvalue weighted by molar-refractivity contribution is 5.71. The molecule has 0 aromatic rings. The van der Waals surface area contributed by atoms with Crippen molar-refractivity contribution in [1.82, 2.24) is 0 Å². The number of hydrogen-bond acceptors (Lipinski definition) is 6. The Kier molecular flexibility index (Phi) is 59.7. The van der Waals surface area contributed by atoms with Gasteiger partial charge in [0.15, 0.2) is 6.10 Å². The molecule has 74 heavy (non-hydrogen) atoms. The molecule has 428 valence electrons. The second-order valence-corrected chi connectivity index (χ2v) is 21.3. The van der Waals surface area contributed by atoms with Crippen molar-refractivity contribution >= 4 is 17.9 Å². The van der Waals surface area contributed by atoms with Gasteiger partial charge in [-0.2, -0.15) is 0 Å². The molecule has 0 radical (unpaired) electrons. The summed E-state index contributed by atoms with van der Waals surface area (Å²) in [6.45, 7) is 6.62. The molecular weight excluding hydrogens is 913 g/mol. The second-order valence-electron chi connectivity index (χ2n) is 21.3. The van der Waals surface area contributed by atoms with E-state index < -0.39 is 6.10 Å². The van der Waals surface area contributed by atoms with Gasteiger partial charge in [0.1, 0.15) is 13.2 Å². The molecule has 0 fully saturated rings. The zero-order valence-corrected chi connectivity index (χ0v) is 49.1. The molecule has 0 N–H and O–H groups in total. The van der Waals surface area contributed by atoms with E-state index in [1.165, 1.54) is 180 Å². The Bertz CT molecular complexity index is 1370. The summed E-state index contributed by atoms with van der Waals surface area (Å²) in [4.78, 5) is 38.3. The minimum atomic E-state index is -0.788. The topological polar surface area (TPSA) is 78.9 Å². The molecule has 0 spiro atoms. The van der Waals surface area contributed by atoms with Crippen LogP contribution in [0, 0.1) is 0 Å². The van der Waals surface area contributed by atoms with Crippen LogP contribution in [0.4, 0.5) is 0 Å². The van der Waals surface area contributed by atoms with Gasteiger partial charge in [-0.1, -0.05) is 280 Å². The van der Waals surface area contributed by atoms with Gasteiger partial charge in [0.25, 0.3) is 0 Å². The Balaban J connectivity index is 4.41. The zero-order chi connectivity index (χ0) is 53.6. The third-order valence-electron chi connectivity index (χ3n) is 13.9. The normalized spacial score (nSPS) is 12.5. The lowest BCUT2D eigenvalue weighted by atomic mass is 10.0. The standard InChI is InChI=1S/C68H120O6/c1-4-7-10-13-16-19-22-25-28-31-33-34-36-37-40-43-46-49-52-55-58-61-67(70)73-64-65(63-72-66(69)60-57-54-51-48-45-42-39-30-27-24-21-18-15-12-9-6-3)74-68(71)62-59-56-53-50-47-44-41-38-35-32-29-26-23-20-17-14-11-8-5-2/h17,20,22,25-26,29,31,33,35-38,65H,4-16,18-19,21,23-24,27-28,30,32,34,39-64H2,1-3H3/b20-17-,25-22-,29-26-,33-31-,37-36-,38-35-. The maximum absolute atomic E-state index is 12.9. The lowest BCUT2D eigenvalue weighted by Gasteiger charge is -2.18. The van der Waals surface area contributed by atoms with Crippen molar-refractivity contribution in [1.29, 1.82) is 0 Å². The SMILES string of the molecule is CCCCC/C=C\C/C=C\C/C=C\CCCCCCCCC(=O)OC(COC(=O)CCCCCCCC/C=C\C/C=C\C/C=C\CCCCCCC)COC(=O)CCCCCCCCCCCCCCCCCC. The Labute approximate surface area is 459 Å². The first-order valence-corrected chi connectivity index (χ1v) is 31.9. The van der Waals surface area contributed by atoms with Crippen LogP contribution >= 0.6 is 0 Å². The Morgan fingerprint density at radius 3 is 0.784 bits per heavy atom. The van der Waals surface area contributed by atoms with E-state index in [-0.39, 0.29) is 31.1 Å². The van der Waals surface area contributed by atoms with Crippen LogP contribution in [0.3, 0.4) is 0 Å². The van der Waals surface area contributed by atoms with E-state index in [2.05, 4.69) is 93.7 Å². The highest BCUT2D eigenvalue weighted by Crippen LogP contribution is 2.16. The summed E-state index contributed by atoms with van der Waals surface area (Å²) in [6.07, 6.45) is 80.4. The van der Waals surface area contributed by atoms with E-state index in [0.717, 1.165) is 103 Å². The summed E-state index contributed by atoms with van der Waals surface area (Å²) >= 11 is 0. The third kappa shape index (κ3) is 59.7. The van der Waals surface area contributed by atoms with Crippen molar-refractivity contribution < 1.29 is 28.6 Å². The van der Waals surface area contributed by atoms with Crippen molar-refractivity contribution in [2.75, 3.05) is 13.2 Å². The van der Waals surface area contributed by atoms with Crippen LogP contribution in [0.2, 0.25) is 0 Å². The van der Waals surface area contributed by atoms with Gasteiger partial charge in [-0.25, -0.2) is 0 Å². The third-order valence-corrected chi connectivity index (χ3v) is 13.9. The van der Waals surface area contributed by atoms with Crippen molar-refractivity contribution in [2.45, 2.75) is 329 Å². The predicted octanol–water partition coefficient (Wildman–Crippen LogP) is 21.7. The van der Waals surface area contributed by atoms with E-state index in [1.807, 2.05) is 0 Å². The van der Waals surface area contributed by atoms with Crippen LogP contribution < -0.4 is 0 Å². The van der Waals surface area contributed by atoms with Crippen LogP contribution in [0.25, 0.3) is 0 Å². The summed E-state index contributed by atoms with van der Waals surface area (Å²) in [5.74, 6) is -0.893. The van der Waals surface area contributed by atoms with Gasteiger partial charge in [-0.3, -0.25) is 14.4 Å². The van der Waals surface area contributed by atoms with E-state index in [4.69, 9.17) is 14.2 Å². The number of rotatable bonds is 58. The minimum Gasteiger partial charge on any atom is -0.462 e. The summed E-state index contributed by atoms with van der Waals surface area (Å²) in [7, 11) is 0. The van der Waals surface area contributed by atoms with Gasteiger partial charge in [0, 0.05) is 19.3 Å². The number of carbonyl (C=O) groups excluding carboxylic acids is 3. The summed E-state index contributed by atoms with van der Waals surface area (Å²) in [5, 5.41) is 0. The van der Waals surface area contributed by atoms with Gasteiger partial charge in [0.2, 0.25) is 0 Å². The highest BCUT2D eigenvalue weighted by Gasteiger charge is 2.19. The number of hydrogen-bond donors (Lipinski definition) is 0. The van der Waals surface area contributed by atoms with Crippen molar-refractivity contribution in [3.8, 4) is 0 Å². The first-order valence-electron chi connectivity index (χ1n) is 31.9. The smallest absolute Gasteiger partial charge is 0.306 e. The first-order chi connectivity index (χ1) is 36.5. The van der Waals surface area contributed by atoms with Crippen LogP contribution in [-0.4, -0.2) is 37.2 Å². The molecule has 1 unspecified atom stereocenters. The van der Waals surface area contributed by atoms with E-state index in [9.17, 15) is 14.4 Å². The molecular formula is C68H120O6. The van der Waals surface area contributed by atoms with E-state index >= 15 is 0 Å². The van der Waals surface area contributed by atoms with Gasteiger partial charge in [-0.05, 0) is 96.3 Å². The quantitative estimate of drug-likeness (QED) is 0.0261. The average Bonchev–Trinajstić information content (AvgIpc) is 3.40. The van der Waals surface area contributed by atoms with Crippen LogP contribution in [0.15, 0.2) is 72.9 Å². The molecule has 1 atom stereocenters. The van der Waals surface area contributed by atoms with Crippen LogP contribution in [0.1, 0.15) is 323 Å². The molecule has 0 saturated carbocycles. The number of allylic oxidation sites excluding steroid dienone is 12. The van der Waals surface area contributed by atoms with Crippen molar-refractivity contribution in [3.05, 3.63) is 72.9 Å². The molecule has 0 amide bonds. The maximum atomic E-state index is 12.9. The Hall–Kier alpha value is -3.15. The monoisotopic (exact) mass is 1030 g/mol. The lowest BCUT2D eigenvalue weighted by molar-refractivity contribution is -0.167. The number of ether oxygens (including phenoxy) is 3. The highest BCUT2D eigenvalue weighted by atomic mass is 16.6. The maximum Gasteiger partial charge on any atom is 0.306 e. The number of unbranched alkanes of at least 4 members (excludes halogenated alkanes) is 35. The van der Waals surface area contributed by atoms with Crippen molar-refractivity contribution in [3.63, 3.8) is 0 Å². The van der Waals surface area contributed by atoms with E-state index in [1.54, 1.807) is 0 Å². The minimum absolute atomic E-state index is 0.0825. The molecule has 0 rings (SSSR count). The lowest BCUT2D eigenvalue weighted by Crippen LogP contribution is -2.30. The van der Waals surface area contributed by atoms with Crippen LogP contribution in [-0.2, 0) is 28.6 Å². The van der Waals surface area contributed by atoms with Gasteiger partial charge in [-0.15, -0.1) is 0 Å². The molecule has 0 aliphatic heterocycles. The second kappa shape index (κ2) is 62.4. The molecule has 0 aliphatic carbocycles. The molecule has 6 nitrogen and oxygen atoms in total. The molecule has 6 heteroatoms. The molecule has 0 bridgehead atoms. The molecule has 0 saturated heterocycles. The first kappa shape index (κ1) is 70.8. The molecule has 0 aromatic carbocycles. The van der Waals surface area contributed by atoms with Gasteiger partial charge >= 0.3 is 17.9 Å². The summed E-state index contributed by atoms with van der Waals surface area (Å²) < 4.78 is 16.9. The Morgan fingerprint density at radius 2 is 0.486 bits per heavy atom. The van der Waals surface area contributed by atoms with Crippen molar-refractivity contribution in [2.24, 2.45) is 0 Å². The summed E-state index contributed by atoms with van der Waals surface area (Å²) in [5.41, 5.74) is 0. The fourth-order valence-electron chi connectivity index (χ4n) is 9.11. The van der Waals surface area contributed by atoms with Gasteiger partial charge < -0.3 is 14.2 Å². The molecule has 0 aromatic heterocycles. The Morgan fingerprint density at radius 1 is 0.270 bits per heavy atom. The largest absolute Gasteiger partial charge is 0.462 e. The molecule has 0 aliphatic rings. The molecule has 0 heterocycles. The summed E-state index contributed by atoms with van der Waals surface area (Å²) in [6, 6.07) is 0. The van der Waals surface area contributed by atoms with Gasteiger partial charge in [0.05, 0.1) is 0 Å². The number of carbonyl (C=O) groups is 3. The van der Waals surface area contributed by atoms with E-state index in [0.29, 0.717) is 19.3 Å². The zero-order valence-electron chi connectivity index (χ0n) is 49.1.